The van der Waals surface area contributed by atoms with Gasteiger partial charge in [0.25, 0.3) is 5.91 Å². The van der Waals surface area contributed by atoms with Crippen LogP contribution in [0.2, 0.25) is 0 Å². The van der Waals surface area contributed by atoms with Crippen LogP contribution in [0.4, 0.5) is 4.39 Å². The van der Waals surface area contributed by atoms with Gasteiger partial charge in [-0.15, -0.1) is 11.3 Å². The molecule has 32 heavy (non-hydrogen) atoms. The third kappa shape index (κ3) is 5.11. The van der Waals surface area contributed by atoms with Gasteiger partial charge in [-0.2, -0.15) is 0 Å². The van der Waals surface area contributed by atoms with Gasteiger partial charge in [0.1, 0.15) is 11.5 Å². The molecule has 7 heteroatoms. The summed E-state index contributed by atoms with van der Waals surface area (Å²) in [6, 6.07) is 5.34. The van der Waals surface area contributed by atoms with Gasteiger partial charge in [0.05, 0.1) is 23.8 Å². The number of ether oxygens (including phenoxy) is 1. The third-order valence-electron chi connectivity index (χ3n) is 6.35. The summed E-state index contributed by atoms with van der Waals surface area (Å²) >= 11 is 1.56. The Labute approximate surface area is 193 Å². The SMILES string of the molecule is C/C=C/c1cc(CN2CCC3(CC2)CN(C(=O)c2csc(C(C)C)n2)CCO3)ccc1F. The van der Waals surface area contributed by atoms with Crippen molar-refractivity contribution in [3.63, 3.8) is 0 Å². The Morgan fingerprint density at radius 3 is 2.78 bits per heavy atom. The molecule has 0 atom stereocenters. The summed E-state index contributed by atoms with van der Waals surface area (Å²) in [6.45, 7) is 10.5. The molecule has 2 aliphatic heterocycles. The lowest BCUT2D eigenvalue weighted by molar-refractivity contribution is -0.128. The second kappa shape index (κ2) is 9.81. The van der Waals surface area contributed by atoms with Crippen molar-refractivity contribution in [2.75, 3.05) is 32.8 Å². The lowest BCUT2D eigenvalue weighted by Crippen LogP contribution is -2.58. The van der Waals surface area contributed by atoms with Crippen molar-refractivity contribution in [2.24, 2.45) is 0 Å². The van der Waals surface area contributed by atoms with Crippen molar-refractivity contribution < 1.29 is 13.9 Å². The number of rotatable bonds is 5. The van der Waals surface area contributed by atoms with Crippen LogP contribution in [-0.2, 0) is 11.3 Å². The molecular formula is C25H32FN3O2S. The Kier molecular flexibility index (Phi) is 7.08. The van der Waals surface area contributed by atoms with E-state index in [4.69, 9.17) is 4.74 Å². The molecule has 2 fully saturated rings. The minimum Gasteiger partial charge on any atom is -0.371 e. The highest BCUT2D eigenvalue weighted by Gasteiger charge is 2.41. The van der Waals surface area contributed by atoms with Crippen molar-refractivity contribution in [2.45, 2.75) is 51.7 Å². The molecule has 5 nitrogen and oxygen atoms in total. The van der Waals surface area contributed by atoms with E-state index >= 15 is 0 Å². The number of benzene rings is 1. The van der Waals surface area contributed by atoms with E-state index in [9.17, 15) is 9.18 Å². The highest BCUT2D eigenvalue weighted by molar-refractivity contribution is 7.09. The van der Waals surface area contributed by atoms with Crippen LogP contribution in [-0.4, -0.2) is 59.1 Å². The predicted molar refractivity (Wildman–Crippen MR) is 126 cm³/mol. The minimum absolute atomic E-state index is 0.0149. The zero-order valence-electron chi connectivity index (χ0n) is 19.1. The van der Waals surface area contributed by atoms with Crippen molar-refractivity contribution in [3.8, 4) is 0 Å². The zero-order valence-corrected chi connectivity index (χ0v) is 20.0. The summed E-state index contributed by atoms with van der Waals surface area (Å²) in [7, 11) is 0. The lowest BCUT2D eigenvalue weighted by atomic mass is 9.89. The standard InChI is InChI=1S/C25H32FN3O2S/c1-4-5-20-14-19(6-7-21(20)26)15-28-10-8-25(9-11-28)17-29(12-13-31-25)24(30)22-16-32-23(27-22)18(2)3/h4-7,14,16,18H,8-13,15,17H2,1-3H3/b5-4+. The molecular weight excluding hydrogens is 425 g/mol. The number of nitrogens with zero attached hydrogens (tertiary/aromatic N) is 3. The van der Waals surface area contributed by atoms with Crippen molar-refractivity contribution in [3.05, 3.63) is 57.3 Å². The van der Waals surface area contributed by atoms with Crippen LogP contribution in [0.5, 0.6) is 0 Å². The van der Waals surface area contributed by atoms with E-state index in [1.165, 1.54) is 0 Å². The van der Waals surface area contributed by atoms with Crippen molar-refractivity contribution >= 4 is 23.3 Å². The van der Waals surface area contributed by atoms with Crippen LogP contribution < -0.4 is 0 Å². The topological polar surface area (TPSA) is 45.7 Å². The first kappa shape index (κ1) is 23.1. The van der Waals surface area contributed by atoms with Gasteiger partial charge in [-0.05, 0) is 37.5 Å². The summed E-state index contributed by atoms with van der Waals surface area (Å²) in [5.74, 6) is 0.156. The minimum atomic E-state index is -0.278. The number of carbonyl (C=O) groups excluding carboxylic acids is 1. The van der Waals surface area contributed by atoms with Crippen LogP contribution in [0.25, 0.3) is 6.08 Å². The summed E-state index contributed by atoms with van der Waals surface area (Å²) in [4.78, 5) is 21.9. The average molecular weight is 458 g/mol. The number of likely N-dealkylation sites (tertiary alicyclic amines) is 1. The van der Waals surface area contributed by atoms with E-state index in [1.54, 1.807) is 23.5 Å². The Morgan fingerprint density at radius 2 is 2.09 bits per heavy atom. The smallest absolute Gasteiger partial charge is 0.273 e. The monoisotopic (exact) mass is 457 g/mol. The fraction of sp³-hybridized carbons (Fsp3) is 0.520. The molecule has 1 amide bonds. The van der Waals surface area contributed by atoms with Gasteiger partial charge in [0, 0.05) is 43.0 Å². The zero-order chi connectivity index (χ0) is 22.7. The van der Waals surface area contributed by atoms with E-state index in [2.05, 4.69) is 23.7 Å². The highest BCUT2D eigenvalue weighted by atomic mass is 32.1. The van der Waals surface area contributed by atoms with Gasteiger partial charge >= 0.3 is 0 Å². The maximum Gasteiger partial charge on any atom is 0.273 e. The Morgan fingerprint density at radius 1 is 1.31 bits per heavy atom. The first-order chi connectivity index (χ1) is 15.4. The number of amides is 1. The molecule has 4 rings (SSSR count). The van der Waals surface area contributed by atoms with Gasteiger partial charge < -0.3 is 9.64 Å². The Bertz CT molecular complexity index is 979. The van der Waals surface area contributed by atoms with Crippen molar-refractivity contribution in [1.29, 1.82) is 0 Å². The van der Waals surface area contributed by atoms with Crippen LogP contribution in [0.15, 0.2) is 29.7 Å². The number of aromatic nitrogens is 1. The number of thiazole rings is 1. The average Bonchev–Trinajstić information content (AvgIpc) is 3.28. The van der Waals surface area contributed by atoms with Gasteiger partial charge in [-0.25, -0.2) is 9.37 Å². The quantitative estimate of drug-likeness (QED) is 0.638. The second-order valence-electron chi connectivity index (χ2n) is 9.12. The van der Waals surface area contributed by atoms with E-state index < -0.39 is 0 Å². The van der Waals surface area contributed by atoms with Crippen LogP contribution in [0.3, 0.4) is 0 Å². The largest absolute Gasteiger partial charge is 0.371 e. The summed E-state index contributed by atoms with van der Waals surface area (Å²) in [6.07, 6.45) is 5.43. The molecule has 0 unspecified atom stereocenters. The predicted octanol–water partition coefficient (Wildman–Crippen LogP) is 4.95. The number of hydrogen-bond donors (Lipinski definition) is 0. The van der Waals surface area contributed by atoms with Crippen LogP contribution in [0, 0.1) is 5.82 Å². The normalized spacial score (nSPS) is 19.3. The molecule has 0 N–H and O–H groups in total. The second-order valence-corrected chi connectivity index (χ2v) is 10.0. The first-order valence-corrected chi connectivity index (χ1v) is 12.3. The molecule has 0 saturated carbocycles. The van der Waals surface area contributed by atoms with E-state index in [1.807, 2.05) is 35.4 Å². The summed E-state index contributed by atoms with van der Waals surface area (Å²) < 4.78 is 20.2. The lowest BCUT2D eigenvalue weighted by Gasteiger charge is -2.47. The Hall–Kier alpha value is -2.09. The van der Waals surface area contributed by atoms with Gasteiger partial charge in [-0.3, -0.25) is 9.69 Å². The van der Waals surface area contributed by atoms with Crippen molar-refractivity contribution in [1.82, 2.24) is 14.8 Å². The molecule has 1 aromatic carbocycles. The highest BCUT2D eigenvalue weighted by Crippen LogP contribution is 2.32. The van der Waals surface area contributed by atoms with Crippen LogP contribution >= 0.6 is 11.3 Å². The van der Waals surface area contributed by atoms with Gasteiger partial charge in [0.2, 0.25) is 0 Å². The number of halogens is 1. The molecule has 2 aliphatic rings. The van der Waals surface area contributed by atoms with E-state index in [-0.39, 0.29) is 17.3 Å². The summed E-state index contributed by atoms with van der Waals surface area (Å²) in [5, 5.41) is 2.88. The first-order valence-electron chi connectivity index (χ1n) is 11.4. The maximum absolute atomic E-state index is 13.9. The molecule has 2 saturated heterocycles. The van der Waals surface area contributed by atoms with Gasteiger partial charge in [0.15, 0.2) is 0 Å². The van der Waals surface area contributed by atoms with Gasteiger partial charge in [-0.1, -0.05) is 32.1 Å². The number of piperidine rings is 1. The number of carbonyl (C=O) groups is 1. The third-order valence-corrected chi connectivity index (χ3v) is 7.50. The van der Waals surface area contributed by atoms with E-state index in [0.29, 0.717) is 36.9 Å². The Balaban J connectivity index is 1.36. The fourth-order valence-electron chi connectivity index (χ4n) is 4.51. The molecule has 3 heterocycles. The van der Waals surface area contributed by atoms with E-state index in [0.717, 1.165) is 43.0 Å². The molecule has 0 radical (unpaired) electrons. The maximum atomic E-state index is 13.9. The summed E-state index contributed by atoms with van der Waals surface area (Å²) in [5.41, 5.74) is 2.02. The molecule has 0 bridgehead atoms. The molecule has 1 aromatic heterocycles. The number of hydrogen-bond acceptors (Lipinski definition) is 5. The number of morpholine rings is 1. The molecule has 2 aromatic rings. The molecule has 172 valence electrons. The van der Waals surface area contributed by atoms with Crippen LogP contribution in [0.1, 0.15) is 66.2 Å². The number of allylic oxidation sites excluding steroid dienone is 1. The fourth-order valence-corrected chi connectivity index (χ4v) is 5.32. The molecule has 1 spiro atoms. The molecule has 0 aliphatic carbocycles.